The maximum Gasteiger partial charge on any atom is 0.243 e. The van der Waals surface area contributed by atoms with Gasteiger partial charge in [0, 0.05) is 26.1 Å². The van der Waals surface area contributed by atoms with Gasteiger partial charge in [0.25, 0.3) is 0 Å². The number of piperidine rings is 1. The van der Waals surface area contributed by atoms with Crippen LogP contribution in [0.5, 0.6) is 11.5 Å². The van der Waals surface area contributed by atoms with Crippen molar-refractivity contribution >= 4 is 15.9 Å². The Bertz CT molecular complexity index is 1020. The third-order valence-electron chi connectivity index (χ3n) is 5.46. The van der Waals surface area contributed by atoms with Gasteiger partial charge in [0.1, 0.15) is 0 Å². The van der Waals surface area contributed by atoms with Gasteiger partial charge in [-0.05, 0) is 48.6 Å². The number of fused-ring (bicyclic) bond motifs is 1. The van der Waals surface area contributed by atoms with Crippen molar-refractivity contribution in [3.63, 3.8) is 0 Å². The number of sulfonamides is 1. The van der Waals surface area contributed by atoms with Gasteiger partial charge in [-0.3, -0.25) is 4.79 Å². The van der Waals surface area contributed by atoms with Gasteiger partial charge in [0.2, 0.25) is 22.7 Å². The van der Waals surface area contributed by atoms with Gasteiger partial charge in [-0.15, -0.1) is 0 Å². The fourth-order valence-electron chi connectivity index (χ4n) is 3.78. The summed E-state index contributed by atoms with van der Waals surface area (Å²) in [5, 5.41) is 2.86. The predicted molar refractivity (Wildman–Crippen MR) is 112 cm³/mol. The molecule has 0 unspecified atom stereocenters. The molecule has 1 fully saturated rings. The normalized spacial score (nSPS) is 16.4. The molecule has 160 valence electrons. The molecule has 1 saturated heterocycles. The summed E-state index contributed by atoms with van der Waals surface area (Å²) >= 11 is 0. The Hall–Kier alpha value is -2.58. The van der Waals surface area contributed by atoms with E-state index in [0.717, 1.165) is 30.6 Å². The second kappa shape index (κ2) is 9.06. The highest BCUT2D eigenvalue weighted by molar-refractivity contribution is 7.89. The van der Waals surface area contributed by atoms with E-state index in [2.05, 4.69) is 5.32 Å². The molecule has 0 aliphatic carbocycles. The molecule has 0 radical (unpaired) electrons. The van der Waals surface area contributed by atoms with Crippen molar-refractivity contribution < 1.29 is 22.7 Å². The van der Waals surface area contributed by atoms with Crippen LogP contribution in [0.1, 0.15) is 36.8 Å². The number of aryl methyl sites for hydroxylation is 1. The molecule has 4 rings (SSSR count). The van der Waals surface area contributed by atoms with Gasteiger partial charge < -0.3 is 14.8 Å². The topological polar surface area (TPSA) is 84.9 Å². The van der Waals surface area contributed by atoms with E-state index in [0.29, 0.717) is 37.2 Å². The Morgan fingerprint density at radius 3 is 2.60 bits per heavy atom. The molecule has 8 heteroatoms. The number of hydrogen-bond acceptors (Lipinski definition) is 5. The number of nitrogens with zero attached hydrogens (tertiary/aromatic N) is 1. The lowest BCUT2D eigenvalue weighted by Crippen LogP contribution is -2.36. The molecule has 2 aromatic rings. The average Bonchev–Trinajstić information content (AvgIpc) is 3.25. The van der Waals surface area contributed by atoms with Crippen LogP contribution < -0.4 is 14.8 Å². The average molecular weight is 431 g/mol. The Labute approximate surface area is 177 Å². The van der Waals surface area contributed by atoms with Crippen LogP contribution in [-0.2, 0) is 27.8 Å². The third kappa shape index (κ3) is 4.60. The fourth-order valence-corrected chi connectivity index (χ4v) is 5.52. The van der Waals surface area contributed by atoms with Crippen LogP contribution in [0.4, 0.5) is 0 Å². The van der Waals surface area contributed by atoms with E-state index < -0.39 is 10.0 Å². The molecule has 2 aliphatic rings. The molecular formula is C22H26N2O5S. The van der Waals surface area contributed by atoms with Gasteiger partial charge in [0.05, 0.1) is 4.90 Å². The van der Waals surface area contributed by atoms with Gasteiger partial charge in [-0.1, -0.05) is 30.7 Å². The Morgan fingerprint density at radius 1 is 1.00 bits per heavy atom. The van der Waals surface area contributed by atoms with Crippen LogP contribution in [0.15, 0.2) is 47.4 Å². The monoisotopic (exact) mass is 430 g/mol. The van der Waals surface area contributed by atoms with E-state index >= 15 is 0 Å². The van der Waals surface area contributed by atoms with Crippen LogP contribution in [0.2, 0.25) is 0 Å². The van der Waals surface area contributed by atoms with E-state index in [1.54, 1.807) is 28.6 Å². The number of carbonyl (C=O) groups excluding carboxylic acids is 1. The fraction of sp³-hybridized carbons (Fsp3) is 0.409. The van der Waals surface area contributed by atoms with Crippen LogP contribution in [0, 0.1) is 0 Å². The number of carbonyl (C=O) groups is 1. The largest absolute Gasteiger partial charge is 0.454 e. The van der Waals surface area contributed by atoms with E-state index in [9.17, 15) is 13.2 Å². The number of hydrogen-bond donors (Lipinski definition) is 1. The first kappa shape index (κ1) is 20.7. The highest BCUT2D eigenvalue weighted by Gasteiger charge is 2.27. The zero-order valence-corrected chi connectivity index (χ0v) is 17.6. The van der Waals surface area contributed by atoms with Crippen LogP contribution >= 0.6 is 0 Å². The molecule has 0 spiro atoms. The second-order valence-corrected chi connectivity index (χ2v) is 9.44. The summed E-state index contributed by atoms with van der Waals surface area (Å²) in [6, 6.07) is 12.5. The molecule has 0 saturated carbocycles. The SMILES string of the molecule is O=C(CCc1ccc2c(c1)OCO2)NCc1ccccc1S(=O)(=O)N1CCCCC1. The minimum atomic E-state index is -3.55. The minimum absolute atomic E-state index is 0.127. The molecular weight excluding hydrogens is 404 g/mol. The van der Waals surface area contributed by atoms with Crippen molar-refractivity contribution in [1.82, 2.24) is 9.62 Å². The van der Waals surface area contributed by atoms with Crippen molar-refractivity contribution in [3.05, 3.63) is 53.6 Å². The molecule has 2 heterocycles. The highest BCUT2D eigenvalue weighted by atomic mass is 32.2. The summed E-state index contributed by atoms with van der Waals surface area (Å²) < 4.78 is 38.3. The van der Waals surface area contributed by atoms with E-state index in [1.165, 1.54) is 0 Å². The van der Waals surface area contributed by atoms with E-state index in [-0.39, 0.29) is 24.1 Å². The lowest BCUT2D eigenvalue weighted by atomic mass is 10.1. The van der Waals surface area contributed by atoms with Gasteiger partial charge in [0.15, 0.2) is 11.5 Å². The van der Waals surface area contributed by atoms with Gasteiger partial charge in [-0.2, -0.15) is 4.31 Å². The molecule has 0 atom stereocenters. The Kier molecular flexibility index (Phi) is 6.24. The van der Waals surface area contributed by atoms with Crippen molar-refractivity contribution in [3.8, 4) is 11.5 Å². The lowest BCUT2D eigenvalue weighted by Gasteiger charge is -2.26. The first-order valence-electron chi connectivity index (χ1n) is 10.3. The lowest BCUT2D eigenvalue weighted by molar-refractivity contribution is -0.121. The second-order valence-electron chi connectivity index (χ2n) is 7.54. The number of rotatable bonds is 7. The molecule has 7 nitrogen and oxygen atoms in total. The van der Waals surface area contributed by atoms with Crippen molar-refractivity contribution in [2.24, 2.45) is 0 Å². The Morgan fingerprint density at radius 2 is 1.77 bits per heavy atom. The van der Waals surface area contributed by atoms with Crippen molar-refractivity contribution in [2.45, 2.75) is 43.5 Å². The molecule has 0 aromatic heterocycles. The summed E-state index contributed by atoms with van der Waals surface area (Å²) in [4.78, 5) is 12.6. The first-order chi connectivity index (χ1) is 14.5. The maximum atomic E-state index is 13.0. The third-order valence-corrected chi connectivity index (χ3v) is 7.46. The number of amides is 1. The summed E-state index contributed by atoms with van der Waals surface area (Å²) in [6.07, 6.45) is 3.71. The van der Waals surface area contributed by atoms with Crippen LogP contribution in [0.3, 0.4) is 0 Å². The smallest absolute Gasteiger partial charge is 0.243 e. The zero-order chi connectivity index (χ0) is 21.0. The van der Waals surface area contributed by atoms with Gasteiger partial charge >= 0.3 is 0 Å². The number of ether oxygens (including phenoxy) is 2. The number of benzene rings is 2. The molecule has 30 heavy (non-hydrogen) atoms. The minimum Gasteiger partial charge on any atom is -0.454 e. The van der Waals surface area contributed by atoms with Crippen LogP contribution in [-0.4, -0.2) is 38.5 Å². The molecule has 1 N–H and O–H groups in total. The number of nitrogens with one attached hydrogen (secondary N) is 1. The maximum absolute atomic E-state index is 13.0. The molecule has 2 aromatic carbocycles. The highest BCUT2D eigenvalue weighted by Crippen LogP contribution is 2.32. The molecule has 1 amide bonds. The first-order valence-corrected chi connectivity index (χ1v) is 11.7. The predicted octanol–water partition coefficient (Wildman–Crippen LogP) is 2.84. The summed E-state index contributed by atoms with van der Waals surface area (Å²) in [7, 11) is -3.55. The van der Waals surface area contributed by atoms with E-state index in [1.807, 2.05) is 18.2 Å². The molecule has 2 aliphatic heterocycles. The Balaban J connectivity index is 1.36. The molecule has 0 bridgehead atoms. The quantitative estimate of drug-likeness (QED) is 0.730. The van der Waals surface area contributed by atoms with Crippen molar-refractivity contribution in [2.75, 3.05) is 19.9 Å². The van der Waals surface area contributed by atoms with Crippen molar-refractivity contribution in [1.29, 1.82) is 0 Å². The van der Waals surface area contributed by atoms with Crippen LogP contribution in [0.25, 0.3) is 0 Å². The summed E-state index contributed by atoms with van der Waals surface area (Å²) in [5.74, 6) is 1.29. The van der Waals surface area contributed by atoms with Gasteiger partial charge in [-0.25, -0.2) is 8.42 Å². The zero-order valence-electron chi connectivity index (χ0n) is 16.8. The standard InChI is InChI=1S/C22H26N2O5S/c25-22(11-9-17-8-10-19-20(14-17)29-16-28-19)23-15-18-6-2-3-7-21(18)30(26,27)24-12-4-1-5-13-24/h2-3,6-8,10,14H,1,4-5,9,11-13,15-16H2,(H,23,25). The summed E-state index contributed by atoms with van der Waals surface area (Å²) in [5.41, 5.74) is 1.60. The summed E-state index contributed by atoms with van der Waals surface area (Å²) in [6.45, 7) is 1.51. The van der Waals surface area contributed by atoms with E-state index in [4.69, 9.17) is 9.47 Å².